The number of ether oxygens (including phenoxy) is 1. The number of rotatable bonds is 1. The predicted octanol–water partition coefficient (Wildman–Crippen LogP) is 3.70. The second kappa shape index (κ2) is 4.49. The first kappa shape index (κ1) is 13.9. The summed E-state index contributed by atoms with van der Waals surface area (Å²) < 4.78 is 5.37. The van der Waals surface area contributed by atoms with Gasteiger partial charge in [0, 0.05) is 0 Å². The van der Waals surface area contributed by atoms with Gasteiger partial charge in [0.2, 0.25) is 0 Å². The van der Waals surface area contributed by atoms with Crippen LogP contribution in [-0.2, 0) is 11.8 Å². The fraction of sp³-hybridized carbons (Fsp3) is 0.667. The van der Waals surface area contributed by atoms with Crippen molar-refractivity contribution in [2.75, 3.05) is 7.11 Å². The van der Waals surface area contributed by atoms with Crippen LogP contribution in [0.2, 0.25) is 0 Å². The van der Waals surface area contributed by atoms with Crippen LogP contribution in [0.25, 0.3) is 0 Å². The number of aliphatic hydroxyl groups excluding tert-OH is 1. The summed E-state index contributed by atoms with van der Waals surface area (Å²) in [4.78, 5) is 0. The molecule has 1 N–H and O–H groups in total. The molecule has 0 spiro atoms. The summed E-state index contributed by atoms with van der Waals surface area (Å²) in [5.74, 6) is 1.51. The van der Waals surface area contributed by atoms with Crippen LogP contribution in [0.15, 0.2) is 18.2 Å². The molecule has 110 valence electrons. The second-order valence-corrected chi connectivity index (χ2v) is 7.41. The molecule has 0 aliphatic heterocycles. The van der Waals surface area contributed by atoms with Crippen molar-refractivity contribution in [3.8, 4) is 5.75 Å². The normalized spacial score (nSPS) is 35.0. The molecule has 0 heterocycles. The van der Waals surface area contributed by atoms with Crippen LogP contribution >= 0.6 is 0 Å². The lowest BCUT2D eigenvalue weighted by atomic mass is 9.49. The van der Waals surface area contributed by atoms with E-state index in [4.69, 9.17) is 4.74 Å². The van der Waals surface area contributed by atoms with Crippen LogP contribution in [0.1, 0.15) is 51.2 Å². The van der Waals surface area contributed by atoms with E-state index in [1.54, 1.807) is 7.11 Å². The van der Waals surface area contributed by atoms with Gasteiger partial charge < -0.3 is 9.84 Å². The van der Waals surface area contributed by atoms with Gasteiger partial charge in [0.25, 0.3) is 0 Å². The minimum Gasteiger partial charge on any atom is -0.497 e. The van der Waals surface area contributed by atoms with Crippen molar-refractivity contribution in [2.24, 2.45) is 11.3 Å². The molecule has 1 unspecified atom stereocenters. The molecule has 3 atom stereocenters. The molecule has 1 aromatic rings. The smallest absolute Gasteiger partial charge is 0.119 e. The molecule has 2 nitrogen and oxygen atoms in total. The topological polar surface area (TPSA) is 29.5 Å². The summed E-state index contributed by atoms with van der Waals surface area (Å²) in [7, 11) is 1.73. The number of benzene rings is 1. The number of aliphatic hydroxyl groups is 1. The quantitative estimate of drug-likeness (QED) is 0.846. The van der Waals surface area contributed by atoms with Gasteiger partial charge in [-0.3, -0.25) is 0 Å². The molecule has 0 amide bonds. The number of aryl methyl sites for hydroxylation is 1. The van der Waals surface area contributed by atoms with Crippen LogP contribution in [-0.4, -0.2) is 18.3 Å². The molecule has 3 rings (SSSR count). The first-order valence-corrected chi connectivity index (χ1v) is 7.75. The van der Waals surface area contributed by atoms with Gasteiger partial charge in [-0.25, -0.2) is 0 Å². The van der Waals surface area contributed by atoms with Gasteiger partial charge in [0.05, 0.1) is 13.2 Å². The summed E-state index contributed by atoms with van der Waals surface area (Å²) >= 11 is 0. The number of methoxy groups -OCH3 is 1. The summed E-state index contributed by atoms with van der Waals surface area (Å²) in [6.07, 6.45) is 4.09. The first-order chi connectivity index (χ1) is 9.39. The van der Waals surface area contributed by atoms with Gasteiger partial charge in [0.15, 0.2) is 0 Å². The highest BCUT2D eigenvalue weighted by Gasteiger charge is 2.53. The van der Waals surface area contributed by atoms with E-state index in [1.807, 2.05) is 0 Å². The molecule has 2 aliphatic carbocycles. The number of fused-ring (bicyclic) bond motifs is 3. The Morgan fingerprint density at radius 1 is 1.20 bits per heavy atom. The Morgan fingerprint density at radius 2 is 1.95 bits per heavy atom. The molecule has 2 heteroatoms. The maximum absolute atomic E-state index is 10.4. The van der Waals surface area contributed by atoms with Crippen molar-refractivity contribution in [2.45, 2.75) is 58.0 Å². The van der Waals surface area contributed by atoms with E-state index >= 15 is 0 Å². The Hall–Kier alpha value is -1.02. The Balaban J connectivity index is 2.07. The van der Waals surface area contributed by atoms with Crippen molar-refractivity contribution < 1.29 is 9.84 Å². The van der Waals surface area contributed by atoms with Crippen molar-refractivity contribution in [1.29, 1.82) is 0 Å². The molecule has 0 radical (unpaired) electrons. The third-order valence-electron chi connectivity index (χ3n) is 6.09. The summed E-state index contributed by atoms with van der Waals surface area (Å²) in [5.41, 5.74) is 3.12. The Bertz CT molecular complexity index is 520. The van der Waals surface area contributed by atoms with Crippen molar-refractivity contribution in [3.05, 3.63) is 29.3 Å². The lowest BCUT2D eigenvalue weighted by Crippen LogP contribution is -2.53. The molecule has 20 heavy (non-hydrogen) atoms. The lowest BCUT2D eigenvalue weighted by Gasteiger charge is -2.56. The highest BCUT2D eigenvalue weighted by molar-refractivity contribution is 5.43. The van der Waals surface area contributed by atoms with Gasteiger partial charge in [-0.1, -0.05) is 26.8 Å². The molecule has 0 saturated heterocycles. The van der Waals surface area contributed by atoms with E-state index in [1.165, 1.54) is 17.5 Å². The van der Waals surface area contributed by atoms with Gasteiger partial charge in [0.1, 0.15) is 5.75 Å². The van der Waals surface area contributed by atoms with E-state index in [9.17, 15) is 5.11 Å². The van der Waals surface area contributed by atoms with Crippen molar-refractivity contribution >= 4 is 0 Å². The zero-order valence-corrected chi connectivity index (χ0v) is 13.1. The monoisotopic (exact) mass is 274 g/mol. The van der Waals surface area contributed by atoms with Crippen LogP contribution < -0.4 is 4.74 Å². The van der Waals surface area contributed by atoms with Crippen LogP contribution in [0.3, 0.4) is 0 Å². The highest BCUT2D eigenvalue weighted by atomic mass is 16.5. The number of hydrogen-bond acceptors (Lipinski definition) is 2. The maximum atomic E-state index is 10.4. The van der Waals surface area contributed by atoms with E-state index in [0.717, 1.165) is 25.0 Å². The standard InChI is InChI=1S/C18H26O2/c1-17(2)15-8-5-12-11-13(20-4)6-7-14(12)18(15,3)10-9-16(17)19/h6-7,11,15-16,19H,5,8-10H2,1-4H3/t15-,16?,18+/m0/s1. The third-order valence-corrected chi connectivity index (χ3v) is 6.09. The number of hydrogen-bond donors (Lipinski definition) is 1. The molecule has 1 saturated carbocycles. The van der Waals surface area contributed by atoms with Gasteiger partial charge in [-0.15, -0.1) is 0 Å². The lowest BCUT2D eigenvalue weighted by molar-refractivity contribution is -0.0731. The van der Waals surface area contributed by atoms with Crippen LogP contribution in [0.5, 0.6) is 5.75 Å². The van der Waals surface area contributed by atoms with Crippen molar-refractivity contribution in [3.63, 3.8) is 0 Å². The van der Waals surface area contributed by atoms with Crippen LogP contribution in [0.4, 0.5) is 0 Å². The largest absolute Gasteiger partial charge is 0.497 e. The highest BCUT2D eigenvalue weighted by Crippen LogP contribution is 2.57. The first-order valence-electron chi connectivity index (χ1n) is 7.75. The average molecular weight is 274 g/mol. The maximum Gasteiger partial charge on any atom is 0.119 e. The predicted molar refractivity (Wildman–Crippen MR) is 81.2 cm³/mol. The second-order valence-electron chi connectivity index (χ2n) is 7.41. The molecule has 0 bridgehead atoms. The molecule has 1 fully saturated rings. The van der Waals surface area contributed by atoms with Crippen LogP contribution in [0, 0.1) is 11.3 Å². The molecular weight excluding hydrogens is 248 g/mol. The summed E-state index contributed by atoms with van der Waals surface area (Å²) in [6, 6.07) is 6.55. The molecule has 2 aliphatic rings. The third kappa shape index (κ3) is 1.81. The van der Waals surface area contributed by atoms with Gasteiger partial charge >= 0.3 is 0 Å². The van der Waals surface area contributed by atoms with Gasteiger partial charge in [-0.2, -0.15) is 0 Å². The van der Waals surface area contributed by atoms with E-state index in [-0.39, 0.29) is 16.9 Å². The zero-order chi connectivity index (χ0) is 14.5. The van der Waals surface area contributed by atoms with Crippen molar-refractivity contribution in [1.82, 2.24) is 0 Å². The van der Waals surface area contributed by atoms with E-state index in [2.05, 4.69) is 39.0 Å². The fourth-order valence-corrected chi connectivity index (χ4v) is 4.81. The SMILES string of the molecule is COc1ccc2c(c1)CC[C@H]1C(C)(C)C(O)CC[C@]21C. The summed E-state index contributed by atoms with van der Waals surface area (Å²) in [6.45, 7) is 6.89. The Morgan fingerprint density at radius 3 is 2.65 bits per heavy atom. The Labute approximate surface area is 122 Å². The van der Waals surface area contributed by atoms with Gasteiger partial charge in [-0.05, 0) is 65.7 Å². The van der Waals surface area contributed by atoms with E-state index in [0.29, 0.717) is 5.92 Å². The molecule has 1 aromatic carbocycles. The fourth-order valence-electron chi connectivity index (χ4n) is 4.81. The molecule has 0 aromatic heterocycles. The minimum atomic E-state index is -0.166. The minimum absolute atomic E-state index is 0.00458. The Kier molecular flexibility index (Phi) is 3.13. The zero-order valence-electron chi connectivity index (χ0n) is 13.1. The average Bonchev–Trinajstić information content (AvgIpc) is 2.43. The van der Waals surface area contributed by atoms with E-state index < -0.39 is 0 Å². The summed E-state index contributed by atoms with van der Waals surface area (Å²) in [5, 5.41) is 10.4. The molecular formula is C18H26O2.